The third kappa shape index (κ3) is 4.96. The average Bonchev–Trinajstić information content (AvgIpc) is 3.51. The Hall–Kier alpha value is -6.39. The van der Waals surface area contributed by atoms with Gasteiger partial charge in [0.15, 0.2) is 0 Å². The molecule has 0 saturated carbocycles. The summed E-state index contributed by atoms with van der Waals surface area (Å²) in [4.78, 5) is 9.48. The number of hydrogen-bond donors (Lipinski definition) is 1. The quantitative estimate of drug-likeness (QED) is 0.137. The van der Waals surface area contributed by atoms with Crippen molar-refractivity contribution in [1.29, 1.82) is 5.41 Å². The standard InChI is InChI=1S/C46H33N4/c47-26-11-3-8-17-33-23-22-32(27-48-33)40-28-50-41(29-49-40)34-24-25-39-44-35(34)20-12-21-38(44)45-42(30-13-4-1-5-14-30)36-18-9-10-19-37(36)43(46(39)45)31-15-6-2-7-16-31/h1-6,8-15,17-27,29,47H,7,16,28H2/q-1/b11-3-,17-8+,47-26?. The summed E-state index contributed by atoms with van der Waals surface area (Å²) in [7, 11) is 0. The van der Waals surface area contributed by atoms with Crippen molar-refractivity contribution in [3.05, 3.63) is 174 Å². The molecule has 2 heterocycles. The maximum absolute atomic E-state index is 7.10. The van der Waals surface area contributed by atoms with Crippen LogP contribution in [0.2, 0.25) is 0 Å². The van der Waals surface area contributed by atoms with E-state index >= 15 is 0 Å². The Labute approximate surface area is 291 Å². The lowest BCUT2D eigenvalue weighted by atomic mass is 9.81. The fraction of sp³-hybridized carbons (Fsp3) is 0.0652. The van der Waals surface area contributed by atoms with Crippen molar-refractivity contribution >= 4 is 50.8 Å². The molecule has 0 spiro atoms. The maximum Gasteiger partial charge on any atom is 0.0630 e. The Kier molecular flexibility index (Phi) is 7.47. The number of benzene rings is 5. The Morgan fingerprint density at radius 3 is 2.20 bits per heavy atom. The Bertz CT molecular complexity index is 2530. The van der Waals surface area contributed by atoms with Gasteiger partial charge in [0.2, 0.25) is 0 Å². The van der Waals surface area contributed by atoms with Crippen molar-refractivity contribution in [1.82, 2.24) is 4.98 Å². The number of nitrogens with zero attached hydrogens (tertiary/aromatic N) is 3. The van der Waals surface area contributed by atoms with Crippen LogP contribution in [-0.2, 0) is 0 Å². The van der Waals surface area contributed by atoms with E-state index in [1.807, 2.05) is 42.8 Å². The number of pyridine rings is 1. The van der Waals surface area contributed by atoms with Crippen LogP contribution in [0.15, 0.2) is 151 Å². The Morgan fingerprint density at radius 1 is 0.660 bits per heavy atom. The SMILES string of the molecule is N=C/C=C\C=C\c1ccc(C2=NC=C(c3ccc4c5c(cccc35)-c3c-4c(C4=CC=CCC4)c4ccccc4c3-c3ccccc3)[N-]C2)cn1. The van der Waals surface area contributed by atoms with Gasteiger partial charge in [-0.05, 0) is 109 Å². The van der Waals surface area contributed by atoms with Gasteiger partial charge in [0.25, 0.3) is 0 Å². The van der Waals surface area contributed by atoms with Gasteiger partial charge < -0.3 is 10.7 Å². The van der Waals surface area contributed by atoms with Gasteiger partial charge in [0.1, 0.15) is 0 Å². The molecule has 0 radical (unpaired) electrons. The number of aliphatic imine (C=N–C) groups is 1. The predicted molar refractivity (Wildman–Crippen MR) is 212 cm³/mol. The van der Waals surface area contributed by atoms with Crippen molar-refractivity contribution < 1.29 is 0 Å². The molecule has 0 bridgehead atoms. The lowest BCUT2D eigenvalue weighted by molar-refractivity contribution is 1.06. The summed E-state index contributed by atoms with van der Waals surface area (Å²) < 4.78 is 0. The molecule has 1 N–H and O–H groups in total. The summed E-state index contributed by atoms with van der Waals surface area (Å²) in [6.07, 6.45) is 21.2. The molecule has 1 aliphatic heterocycles. The number of aromatic nitrogens is 1. The van der Waals surface area contributed by atoms with Gasteiger partial charge in [-0.25, -0.2) is 0 Å². The van der Waals surface area contributed by atoms with Gasteiger partial charge in [0.05, 0.1) is 5.69 Å². The van der Waals surface area contributed by atoms with Crippen LogP contribution in [0.4, 0.5) is 0 Å². The van der Waals surface area contributed by atoms with E-state index in [0.717, 1.165) is 41.1 Å². The smallest absolute Gasteiger partial charge is 0.0630 e. The number of fused-ring (bicyclic) bond motifs is 4. The average molecular weight is 642 g/mol. The van der Waals surface area contributed by atoms with Crippen LogP contribution in [-0.4, -0.2) is 23.5 Å². The zero-order valence-electron chi connectivity index (χ0n) is 27.5. The number of nitrogens with one attached hydrogen (secondary N) is 1. The van der Waals surface area contributed by atoms with Crippen LogP contribution in [0.25, 0.3) is 77.6 Å². The lowest BCUT2D eigenvalue weighted by Gasteiger charge is -2.30. The molecule has 0 amide bonds. The van der Waals surface area contributed by atoms with Crippen LogP contribution in [0.3, 0.4) is 0 Å². The van der Waals surface area contributed by atoms with Crippen LogP contribution in [0.5, 0.6) is 0 Å². The van der Waals surface area contributed by atoms with Crippen LogP contribution >= 0.6 is 0 Å². The Morgan fingerprint density at radius 2 is 1.44 bits per heavy atom. The molecule has 0 saturated heterocycles. The number of allylic oxidation sites excluding steroid dienone is 7. The zero-order chi connectivity index (χ0) is 33.4. The highest BCUT2D eigenvalue weighted by atomic mass is 15.0. The van der Waals surface area contributed by atoms with Crippen molar-refractivity contribution in [2.45, 2.75) is 12.8 Å². The van der Waals surface area contributed by atoms with Gasteiger partial charge in [0, 0.05) is 29.9 Å². The molecular weight excluding hydrogens is 609 g/mol. The molecule has 2 aliphatic carbocycles. The summed E-state index contributed by atoms with van der Waals surface area (Å²) >= 11 is 0. The summed E-state index contributed by atoms with van der Waals surface area (Å²) in [5.41, 5.74) is 15.2. The zero-order valence-corrected chi connectivity index (χ0v) is 27.5. The molecule has 4 heteroatoms. The number of rotatable bonds is 7. The molecule has 0 fully saturated rings. The maximum atomic E-state index is 7.10. The fourth-order valence-electron chi connectivity index (χ4n) is 7.72. The highest BCUT2D eigenvalue weighted by Crippen LogP contribution is 2.57. The summed E-state index contributed by atoms with van der Waals surface area (Å²) in [6, 6.07) is 35.2. The highest BCUT2D eigenvalue weighted by Gasteiger charge is 2.31. The van der Waals surface area contributed by atoms with Gasteiger partial charge >= 0.3 is 0 Å². The monoisotopic (exact) mass is 641 g/mol. The number of hydrogen-bond acceptors (Lipinski definition) is 3. The van der Waals surface area contributed by atoms with E-state index in [4.69, 9.17) is 15.7 Å². The molecule has 0 unspecified atom stereocenters. The first kappa shape index (κ1) is 29.7. The molecule has 0 atom stereocenters. The minimum atomic E-state index is 0.489. The predicted octanol–water partition coefficient (Wildman–Crippen LogP) is 11.8. The van der Waals surface area contributed by atoms with Crippen LogP contribution < -0.4 is 0 Å². The first-order valence-electron chi connectivity index (χ1n) is 17.1. The molecule has 9 rings (SSSR count). The minimum absolute atomic E-state index is 0.489. The summed E-state index contributed by atoms with van der Waals surface area (Å²) in [5.74, 6) is 0. The molecule has 4 nitrogen and oxygen atoms in total. The van der Waals surface area contributed by atoms with E-state index in [9.17, 15) is 0 Å². The fourth-order valence-corrected chi connectivity index (χ4v) is 7.72. The van der Waals surface area contributed by atoms with E-state index in [-0.39, 0.29) is 0 Å². The summed E-state index contributed by atoms with van der Waals surface area (Å²) in [5, 5.41) is 17.3. The topological polar surface area (TPSA) is 63.2 Å². The van der Waals surface area contributed by atoms with Crippen molar-refractivity contribution in [3.63, 3.8) is 0 Å². The van der Waals surface area contributed by atoms with E-state index in [1.165, 1.54) is 72.3 Å². The molecular formula is C46H33N4-. The molecule has 5 aromatic carbocycles. The third-order valence-electron chi connectivity index (χ3n) is 9.92. The summed E-state index contributed by atoms with van der Waals surface area (Å²) in [6.45, 7) is 0.489. The van der Waals surface area contributed by atoms with E-state index in [1.54, 1.807) is 6.08 Å². The molecule has 50 heavy (non-hydrogen) atoms. The van der Waals surface area contributed by atoms with Crippen molar-refractivity contribution in [2.24, 2.45) is 4.99 Å². The van der Waals surface area contributed by atoms with Gasteiger partial charge in [-0.2, -0.15) is 0 Å². The van der Waals surface area contributed by atoms with Crippen molar-refractivity contribution in [2.75, 3.05) is 6.54 Å². The second-order valence-electron chi connectivity index (χ2n) is 12.7. The van der Waals surface area contributed by atoms with Crippen LogP contribution in [0.1, 0.15) is 35.2 Å². The normalized spacial score (nSPS) is 14.9. The van der Waals surface area contributed by atoms with E-state index < -0.39 is 0 Å². The van der Waals surface area contributed by atoms with Gasteiger partial charge in [-0.15, -0.1) is 5.70 Å². The Balaban J connectivity index is 1.19. The van der Waals surface area contributed by atoms with Crippen molar-refractivity contribution in [3.8, 4) is 33.4 Å². The van der Waals surface area contributed by atoms with Gasteiger partial charge in [-0.1, -0.05) is 122 Å². The van der Waals surface area contributed by atoms with Crippen LogP contribution in [0, 0.1) is 5.41 Å². The first-order chi connectivity index (χ1) is 24.8. The minimum Gasteiger partial charge on any atom is -0.678 e. The second-order valence-corrected chi connectivity index (χ2v) is 12.7. The lowest BCUT2D eigenvalue weighted by Crippen LogP contribution is -2.10. The molecule has 1 aromatic heterocycles. The van der Waals surface area contributed by atoms with Gasteiger partial charge in [-0.3, -0.25) is 9.98 Å². The first-order valence-corrected chi connectivity index (χ1v) is 17.1. The third-order valence-corrected chi connectivity index (χ3v) is 9.92. The van der Waals surface area contributed by atoms with E-state index in [2.05, 4.69) is 108 Å². The molecule has 6 aromatic rings. The second kappa shape index (κ2) is 12.6. The molecule has 238 valence electrons. The highest BCUT2D eigenvalue weighted by molar-refractivity contribution is 6.27. The molecule has 3 aliphatic rings. The largest absolute Gasteiger partial charge is 0.678 e. The van der Waals surface area contributed by atoms with E-state index in [0.29, 0.717) is 6.54 Å².